The van der Waals surface area contributed by atoms with Gasteiger partial charge in [0.05, 0.1) is 6.20 Å². The molecule has 0 aliphatic rings. The number of aryl methyl sites for hydroxylation is 2. The lowest BCUT2D eigenvalue weighted by atomic mass is 10.3. The van der Waals surface area contributed by atoms with Crippen LogP contribution in [0.5, 0.6) is 5.75 Å². The number of rotatable bonds is 0. The van der Waals surface area contributed by atoms with Crippen molar-refractivity contribution in [3.8, 4) is 5.75 Å². The third kappa shape index (κ3) is 1.51. The first-order valence-corrected chi connectivity index (χ1v) is 4.16. The molecule has 0 aliphatic carbocycles. The van der Waals surface area contributed by atoms with Gasteiger partial charge in [0, 0.05) is 19.9 Å². The fourth-order valence-electron chi connectivity index (χ4n) is 1.41. The van der Waals surface area contributed by atoms with Crippen LogP contribution in [0.4, 0.5) is 0 Å². The van der Waals surface area contributed by atoms with Crippen LogP contribution in [0, 0.1) is 13.8 Å². The maximum absolute atomic E-state index is 9.62. The van der Waals surface area contributed by atoms with E-state index in [0.29, 0.717) is 5.69 Å². The van der Waals surface area contributed by atoms with E-state index in [2.05, 4.69) is 4.98 Å². The van der Waals surface area contributed by atoms with Gasteiger partial charge in [-0.15, -0.1) is 0 Å². The number of fused-ring (bicyclic) bond motifs is 1. The van der Waals surface area contributed by atoms with Crippen molar-refractivity contribution < 1.29 is 21.9 Å². The molecule has 74 valence electrons. The van der Waals surface area contributed by atoms with E-state index < -0.39 is 0 Å². The lowest BCUT2D eigenvalue weighted by Crippen LogP contribution is -3.00. The summed E-state index contributed by atoms with van der Waals surface area (Å²) in [7, 11) is 0. The van der Waals surface area contributed by atoms with E-state index in [0.717, 1.165) is 11.3 Å². The molecule has 2 rings (SSSR count). The van der Waals surface area contributed by atoms with Gasteiger partial charge in [0.1, 0.15) is 0 Å². The summed E-state index contributed by atoms with van der Waals surface area (Å²) in [6, 6.07) is 5.76. The molecule has 2 aromatic heterocycles. The van der Waals surface area contributed by atoms with Gasteiger partial charge in [-0.3, -0.25) is 0 Å². The monoisotopic (exact) mass is 210 g/mol. The summed E-state index contributed by atoms with van der Waals surface area (Å²) in [6.07, 6.45) is 1.89. The van der Waals surface area contributed by atoms with Crippen LogP contribution in [0.2, 0.25) is 0 Å². The minimum atomic E-state index is 0. The predicted molar refractivity (Wildman–Crippen MR) is 48.5 cm³/mol. The minimum absolute atomic E-state index is 0. The van der Waals surface area contributed by atoms with Gasteiger partial charge in [-0.2, -0.15) is 4.40 Å². The van der Waals surface area contributed by atoms with Crippen molar-refractivity contribution >= 4 is 5.65 Å². The Hall–Kier alpha value is -1.35. The zero-order chi connectivity index (χ0) is 9.42. The molecule has 2 aromatic rings. The highest BCUT2D eigenvalue weighted by Gasteiger charge is 2.14. The van der Waals surface area contributed by atoms with Crippen LogP contribution in [-0.4, -0.2) is 10.1 Å². The lowest BCUT2D eigenvalue weighted by molar-refractivity contribution is -0.523. The van der Waals surface area contributed by atoms with Crippen LogP contribution in [0.3, 0.4) is 0 Å². The molecule has 0 saturated heterocycles. The SMILES string of the molecule is Cc1nc2cccc[n+]2c(C)c1O.[Cl-]. The molecule has 0 bridgehead atoms. The Morgan fingerprint density at radius 3 is 2.71 bits per heavy atom. The zero-order valence-corrected chi connectivity index (χ0v) is 8.78. The van der Waals surface area contributed by atoms with Crippen LogP contribution in [0.1, 0.15) is 11.4 Å². The van der Waals surface area contributed by atoms with E-state index in [1.54, 1.807) is 6.92 Å². The van der Waals surface area contributed by atoms with Crippen molar-refractivity contribution in [2.75, 3.05) is 0 Å². The zero-order valence-electron chi connectivity index (χ0n) is 8.03. The van der Waals surface area contributed by atoms with Gasteiger partial charge in [-0.1, -0.05) is 6.07 Å². The number of pyridine rings is 1. The average Bonchev–Trinajstić information content (AvgIpc) is 2.15. The fraction of sp³-hybridized carbons (Fsp3) is 0.200. The standard InChI is InChI=1S/C10H10N2O.ClH/c1-7-10(13)8(2)12-6-4-3-5-9(12)11-7;/h3-6H,1-2H3;1H. The van der Waals surface area contributed by atoms with E-state index >= 15 is 0 Å². The highest BCUT2D eigenvalue weighted by atomic mass is 35.5. The number of aromatic hydroxyl groups is 1. The number of hydrogen-bond donors (Lipinski definition) is 1. The molecule has 14 heavy (non-hydrogen) atoms. The first-order chi connectivity index (χ1) is 6.20. The Morgan fingerprint density at radius 1 is 1.29 bits per heavy atom. The quantitative estimate of drug-likeness (QED) is 0.519. The Bertz CT molecular complexity index is 471. The molecule has 4 heteroatoms. The first kappa shape index (κ1) is 10.7. The molecule has 0 atom stereocenters. The minimum Gasteiger partial charge on any atom is -1.00 e. The van der Waals surface area contributed by atoms with Gasteiger partial charge in [-0.25, -0.2) is 0 Å². The molecule has 0 amide bonds. The summed E-state index contributed by atoms with van der Waals surface area (Å²) >= 11 is 0. The molecular weight excluding hydrogens is 200 g/mol. The normalized spacial score (nSPS) is 9.86. The third-order valence-electron chi connectivity index (χ3n) is 2.17. The van der Waals surface area contributed by atoms with Gasteiger partial charge >= 0.3 is 5.65 Å². The van der Waals surface area contributed by atoms with Crippen molar-refractivity contribution in [1.29, 1.82) is 0 Å². The van der Waals surface area contributed by atoms with Crippen molar-refractivity contribution in [3.63, 3.8) is 0 Å². The maximum atomic E-state index is 9.62. The predicted octanol–water partition coefficient (Wildman–Crippen LogP) is -1.85. The summed E-state index contributed by atoms with van der Waals surface area (Å²) in [6.45, 7) is 3.67. The smallest absolute Gasteiger partial charge is 0.328 e. The van der Waals surface area contributed by atoms with Crippen molar-refractivity contribution in [2.45, 2.75) is 13.8 Å². The van der Waals surface area contributed by atoms with Crippen LogP contribution in [-0.2, 0) is 0 Å². The van der Waals surface area contributed by atoms with Crippen molar-refractivity contribution in [1.82, 2.24) is 4.98 Å². The molecule has 2 heterocycles. The van der Waals surface area contributed by atoms with E-state index in [1.807, 2.05) is 35.7 Å². The van der Waals surface area contributed by atoms with Gasteiger partial charge < -0.3 is 17.5 Å². The molecule has 3 nitrogen and oxygen atoms in total. The van der Waals surface area contributed by atoms with Gasteiger partial charge in [0.2, 0.25) is 5.75 Å². The van der Waals surface area contributed by atoms with E-state index in [-0.39, 0.29) is 18.2 Å². The summed E-state index contributed by atoms with van der Waals surface area (Å²) in [5.74, 6) is 0.267. The number of hydrogen-bond acceptors (Lipinski definition) is 2. The summed E-state index contributed by atoms with van der Waals surface area (Å²) in [5.41, 5.74) is 2.35. The molecule has 0 fully saturated rings. The lowest BCUT2D eigenvalue weighted by Gasteiger charge is -1.99. The Morgan fingerprint density at radius 2 is 2.00 bits per heavy atom. The third-order valence-corrected chi connectivity index (χ3v) is 2.17. The Labute approximate surface area is 88.5 Å². The second-order valence-corrected chi connectivity index (χ2v) is 3.06. The molecule has 0 saturated carbocycles. The Kier molecular flexibility index (Phi) is 2.91. The van der Waals surface area contributed by atoms with Crippen LogP contribution in [0.15, 0.2) is 24.4 Å². The van der Waals surface area contributed by atoms with Crippen molar-refractivity contribution in [3.05, 3.63) is 35.8 Å². The van der Waals surface area contributed by atoms with E-state index in [9.17, 15) is 5.11 Å². The summed E-state index contributed by atoms with van der Waals surface area (Å²) in [4.78, 5) is 4.25. The second-order valence-electron chi connectivity index (χ2n) is 3.06. The number of halogens is 1. The average molecular weight is 211 g/mol. The largest absolute Gasteiger partial charge is 1.00 e. The van der Waals surface area contributed by atoms with Crippen LogP contribution >= 0.6 is 0 Å². The van der Waals surface area contributed by atoms with E-state index in [4.69, 9.17) is 0 Å². The van der Waals surface area contributed by atoms with Crippen LogP contribution < -0.4 is 16.8 Å². The second kappa shape index (κ2) is 3.80. The molecule has 0 aliphatic heterocycles. The summed E-state index contributed by atoms with van der Waals surface area (Å²) < 4.78 is 1.86. The summed E-state index contributed by atoms with van der Waals surface area (Å²) in [5, 5.41) is 9.62. The number of aromatic nitrogens is 2. The van der Waals surface area contributed by atoms with Crippen LogP contribution in [0.25, 0.3) is 5.65 Å². The molecule has 0 aromatic carbocycles. The fourth-order valence-corrected chi connectivity index (χ4v) is 1.41. The topological polar surface area (TPSA) is 37.2 Å². The molecule has 1 N–H and O–H groups in total. The van der Waals surface area contributed by atoms with Crippen molar-refractivity contribution in [2.24, 2.45) is 0 Å². The number of nitrogens with zero attached hydrogens (tertiary/aromatic N) is 2. The molecule has 0 spiro atoms. The van der Waals surface area contributed by atoms with Gasteiger partial charge in [0.25, 0.3) is 0 Å². The van der Waals surface area contributed by atoms with E-state index in [1.165, 1.54) is 0 Å². The molecule has 0 unspecified atom stereocenters. The first-order valence-electron chi connectivity index (χ1n) is 4.16. The molecule has 0 radical (unpaired) electrons. The van der Waals surface area contributed by atoms with Gasteiger partial charge in [0.15, 0.2) is 11.4 Å². The highest BCUT2D eigenvalue weighted by molar-refractivity contribution is 5.36. The Balaban J connectivity index is 0.000000980. The maximum Gasteiger partial charge on any atom is 0.328 e. The van der Waals surface area contributed by atoms with Gasteiger partial charge in [-0.05, 0) is 11.1 Å². The molecular formula is C10H11ClN2O. The highest BCUT2D eigenvalue weighted by Crippen LogP contribution is 2.15.